The van der Waals surface area contributed by atoms with E-state index in [1.807, 2.05) is 37.3 Å². The third-order valence-corrected chi connectivity index (χ3v) is 2.88. The number of benzene rings is 1. The van der Waals surface area contributed by atoms with Gasteiger partial charge in [-0.2, -0.15) is 4.98 Å². The number of fused-ring (bicyclic) bond motifs is 1. The second-order valence-electron chi connectivity index (χ2n) is 4.01. The summed E-state index contributed by atoms with van der Waals surface area (Å²) in [6, 6.07) is 9.97. The zero-order valence-electron chi connectivity index (χ0n) is 9.30. The number of para-hydroxylation sites is 1. The van der Waals surface area contributed by atoms with Crippen molar-refractivity contribution in [1.29, 1.82) is 0 Å². The van der Waals surface area contributed by atoms with E-state index in [9.17, 15) is 0 Å². The summed E-state index contributed by atoms with van der Waals surface area (Å²) in [5, 5.41) is 0. The molecule has 1 aliphatic rings. The molecule has 2 heterocycles. The van der Waals surface area contributed by atoms with Crippen LogP contribution in [0.15, 0.2) is 35.3 Å². The molecule has 16 heavy (non-hydrogen) atoms. The topological polar surface area (TPSA) is 35.1 Å². The lowest BCUT2D eigenvalue weighted by Crippen LogP contribution is -2.19. The summed E-state index contributed by atoms with van der Waals surface area (Å²) in [6.07, 6.45) is 1.18. The van der Waals surface area contributed by atoms with Crippen molar-refractivity contribution in [1.82, 2.24) is 14.3 Å². The molecule has 82 valence electrons. The largest absolute Gasteiger partial charge is 0.269 e. The first-order valence-electron chi connectivity index (χ1n) is 5.58. The van der Waals surface area contributed by atoms with E-state index in [1.54, 1.807) is 0 Å². The summed E-state index contributed by atoms with van der Waals surface area (Å²) in [7, 11) is 0. The molecule has 0 saturated carbocycles. The molecule has 0 unspecified atom stereocenters. The number of hydrogen-bond acceptors (Lipinski definition) is 2. The molecule has 0 amide bonds. The molecule has 0 saturated heterocycles. The van der Waals surface area contributed by atoms with Crippen molar-refractivity contribution in [2.45, 2.75) is 26.4 Å². The molecule has 0 N–H and O–H groups in total. The van der Waals surface area contributed by atoms with Gasteiger partial charge in [-0.1, -0.05) is 18.2 Å². The normalized spacial score (nSPS) is 15.4. The summed E-state index contributed by atoms with van der Waals surface area (Å²) in [4.78, 5) is 9.05. The van der Waals surface area contributed by atoms with Crippen molar-refractivity contribution in [2.75, 3.05) is 0 Å². The van der Waals surface area contributed by atoms with Crippen molar-refractivity contribution < 1.29 is 0 Å². The van der Waals surface area contributed by atoms with Crippen LogP contribution in [-0.4, -0.2) is 14.3 Å². The Morgan fingerprint density at radius 3 is 2.69 bits per heavy atom. The average Bonchev–Trinajstić information content (AvgIpc) is 2.87. The molecule has 1 aromatic heterocycles. The first kappa shape index (κ1) is 9.39. The monoisotopic (exact) mass is 214 g/mol. The Labute approximate surface area is 93.9 Å². The van der Waals surface area contributed by atoms with Crippen LogP contribution < -0.4 is 5.62 Å². The zero-order valence-corrected chi connectivity index (χ0v) is 9.30. The van der Waals surface area contributed by atoms with Gasteiger partial charge in [0.2, 0.25) is 5.62 Å². The molecule has 1 aliphatic heterocycles. The van der Waals surface area contributed by atoms with Crippen LogP contribution >= 0.6 is 0 Å². The van der Waals surface area contributed by atoms with Crippen LogP contribution in [0.1, 0.15) is 12.2 Å². The van der Waals surface area contributed by atoms with Crippen molar-refractivity contribution in [2.24, 2.45) is 4.99 Å². The summed E-state index contributed by atoms with van der Waals surface area (Å²) < 4.78 is 4.35. The summed E-state index contributed by atoms with van der Waals surface area (Å²) in [6.45, 7) is 4.11. The molecule has 0 bridgehead atoms. The van der Waals surface area contributed by atoms with Crippen LogP contribution in [-0.2, 0) is 13.1 Å². The van der Waals surface area contributed by atoms with Gasteiger partial charge in [0.25, 0.3) is 0 Å². The van der Waals surface area contributed by atoms with Crippen molar-refractivity contribution in [3.05, 3.63) is 41.8 Å². The molecular formula is C12H14N4. The maximum atomic E-state index is 4.56. The van der Waals surface area contributed by atoms with E-state index < -0.39 is 0 Å². The van der Waals surface area contributed by atoms with Gasteiger partial charge in [-0.05, 0) is 25.5 Å². The highest BCUT2D eigenvalue weighted by atomic mass is 15.5. The summed E-state index contributed by atoms with van der Waals surface area (Å²) >= 11 is 0. The van der Waals surface area contributed by atoms with E-state index in [1.165, 1.54) is 6.42 Å². The Hall–Kier alpha value is -1.84. The number of rotatable bonds is 1. The van der Waals surface area contributed by atoms with Gasteiger partial charge in [-0.25, -0.2) is 4.99 Å². The Morgan fingerprint density at radius 1 is 1.12 bits per heavy atom. The summed E-state index contributed by atoms with van der Waals surface area (Å²) in [5.41, 5.74) is 1.78. The van der Waals surface area contributed by atoms with E-state index in [0.29, 0.717) is 0 Å². The fourth-order valence-corrected chi connectivity index (χ4v) is 2.12. The number of nitrogens with zero attached hydrogens (tertiary/aromatic N) is 4. The first-order chi connectivity index (χ1) is 7.84. The molecular weight excluding hydrogens is 200 g/mol. The standard InChI is InChI=1S/C12H14N4/c1-10-13-12(16-9-5-8-15(10)16)14-11-6-3-2-4-7-11/h2-4,6-7H,5,8-9H2,1H3. The quantitative estimate of drug-likeness (QED) is 0.710. The van der Waals surface area contributed by atoms with Gasteiger partial charge in [-0.15, -0.1) is 0 Å². The van der Waals surface area contributed by atoms with Crippen LogP contribution in [0.25, 0.3) is 0 Å². The SMILES string of the molecule is Cc1nc(=Nc2ccccc2)n2n1CCC2. The lowest BCUT2D eigenvalue weighted by atomic mass is 10.3. The Bertz CT molecular complexity index is 562. The van der Waals surface area contributed by atoms with Gasteiger partial charge < -0.3 is 0 Å². The smallest absolute Gasteiger partial charge is 0.246 e. The Balaban J connectivity index is 2.14. The number of aryl methyl sites for hydroxylation is 1. The Morgan fingerprint density at radius 2 is 1.88 bits per heavy atom. The van der Waals surface area contributed by atoms with Gasteiger partial charge in [0, 0.05) is 13.1 Å². The van der Waals surface area contributed by atoms with Crippen molar-refractivity contribution in [3.8, 4) is 0 Å². The average molecular weight is 214 g/mol. The van der Waals surface area contributed by atoms with Crippen molar-refractivity contribution in [3.63, 3.8) is 0 Å². The van der Waals surface area contributed by atoms with E-state index in [0.717, 1.165) is 30.2 Å². The fraction of sp³-hybridized carbons (Fsp3) is 0.333. The minimum absolute atomic E-state index is 0.821. The van der Waals surface area contributed by atoms with Crippen molar-refractivity contribution >= 4 is 5.69 Å². The minimum atomic E-state index is 0.821. The van der Waals surface area contributed by atoms with E-state index in [2.05, 4.69) is 19.3 Å². The van der Waals surface area contributed by atoms with Crippen LogP contribution in [0.5, 0.6) is 0 Å². The molecule has 2 aromatic rings. The number of hydrogen-bond donors (Lipinski definition) is 0. The lowest BCUT2D eigenvalue weighted by molar-refractivity contribution is 0.575. The number of aromatic nitrogens is 3. The molecule has 3 rings (SSSR count). The second-order valence-corrected chi connectivity index (χ2v) is 4.01. The van der Waals surface area contributed by atoms with Gasteiger partial charge in [-0.3, -0.25) is 9.36 Å². The second kappa shape index (κ2) is 3.63. The minimum Gasteiger partial charge on any atom is -0.269 e. The molecule has 4 heteroatoms. The highest BCUT2D eigenvalue weighted by Gasteiger charge is 2.13. The highest BCUT2D eigenvalue weighted by Crippen LogP contribution is 2.10. The van der Waals surface area contributed by atoms with Gasteiger partial charge in [0.1, 0.15) is 5.82 Å². The van der Waals surface area contributed by atoms with E-state index in [-0.39, 0.29) is 0 Å². The molecule has 0 fully saturated rings. The maximum Gasteiger partial charge on any atom is 0.246 e. The fourth-order valence-electron chi connectivity index (χ4n) is 2.12. The van der Waals surface area contributed by atoms with E-state index >= 15 is 0 Å². The highest BCUT2D eigenvalue weighted by molar-refractivity contribution is 5.35. The Kier molecular flexibility index (Phi) is 2.13. The molecule has 0 radical (unpaired) electrons. The molecule has 0 aliphatic carbocycles. The third kappa shape index (κ3) is 1.46. The molecule has 0 atom stereocenters. The maximum absolute atomic E-state index is 4.56. The third-order valence-electron chi connectivity index (χ3n) is 2.88. The zero-order chi connectivity index (χ0) is 11.0. The molecule has 0 spiro atoms. The van der Waals surface area contributed by atoms with Gasteiger partial charge >= 0.3 is 0 Å². The van der Waals surface area contributed by atoms with E-state index in [4.69, 9.17) is 0 Å². The van der Waals surface area contributed by atoms with Gasteiger partial charge in [0.05, 0.1) is 5.69 Å². The predicted molar refractivity (Wildman–Crippen MR) is 61.2 cm³/mol. The predicted octanol–water partition coefficient (Wildman–Crippen LogP) is 1.63. The van der Waals surface area contributed by atoms with Crippen LogP contribution in [0.3, 0.4) is 0 Å². The van der Waals surface area contributed by atoms with Crippen LogP contribution in [0, 0.1) is 6.92 Å². The van der Waals surface area contributed by atoms with Crippen LogP contribution in [0.4, 0.5) is 5.69 Å². The van der Waals surface area contributed by atoms with Crippen LogP contribution in [0.2, 0.25) is 0 Å². The first-order valence-corrected chi connectivity index (χ1v) is 5.58. The lowest BCUT2D eigenvalue weighted by Gasteiger charge is -1.98. The molecule has 4 nitrogen and oxygen atoms in total. The summed E-state index contributed by atoms with van der Waals surface area (Å²) in [5.74, 6) is 1.05. The van der Waals surface area contributed by atoms with Gasteiger partial charge in [0.15, 0.2) is 0 Å². The molecule has 1 aromatic carbocycles.